The Hall–Kier alpha value is -2.87. The van der Waals surface area contributed by atoms with Gasteiger partial charge in [0.1, 0.15) is 11.6 Å². The van der Waals surface area contributed by atoms with Crippen LogP contribution in [0.4, 0.5) is 10.1 Å². The Labute approximate surface area is 151 Å². The quantitative estimate of drug-likeness (QED) is 0.688. The number of benzene rings is 2. The highest BCUT2D eigenvalue weighted by atomic mass is 32.2. The Morgan fingerprint density at radius 1 is 1.12 bits per heavy atom. The lowest BCUT2D eigenvalue weighted by atomic mass is 10.2. The lowest BCUT2D eigenvalue weighted by molar-refractivity contribution is 0.340. The molecular formula is C18H18FN3O3S. The second kappa shape index (κ2) is 7.57. The Balaban J connectivity index is 1.70. The molecule has 1 heterocycles. The number of aromatic nitrogens is 2. The maximum Gasteiger partial charge on any atom is 0.261 e. The molecule has 136 valence electrons. The summed E-state index contributed by atoms with van der Waals surface area (Å²) in [5, 5.41) is 4.13. The van der Waals surface area contributed by atoms with Crippen LogP contribution in [-0.4, -0.2) is 24.8 Å². The summed E-state index contributed by atoms with van der Waals surface area (Å²) in [4.78, 5) is 0.132. The van der Waals surface area contributed by atoms with Crippen LogP contribution in [0.2, 0.25) is 0 Å². The topological polar surface area (TPSA) is 73.2 Å². The zero-order valence-corrected chi connectivity index (χ0v) is 14.9. The van der Waals surface area contributed by atoms with E-state index in [-0.39, 0.29) is 10.7 Å². The first-order chi connectivity index (χ1) is 12.5. The molecule has 0 fully saturated rings. The molecule has 0 saturated heterocycles. The van der Waals surface area contributed by atoms with Crippen molar-refractivity contribution in [1.29, 1.82) is 0 Å². The molecule has 6 nitrogen and oxygen atoms in total. The number of anilines is 1. The maximum absolute atomic E-state index is 12.9. The molecule has 0 unspecified atom stereocenters. The van der Waals surface area contributed by atoms with Crippen molar-refractivity contribution in [2.75, 3.05) is 11.3 Å². The van der Waals surface area contributed by atoms with Crippen molar-refractivity contribution in [2.45, 2.75) is 18.4 Å². The molecule has 0 aliphatic rings. The van der Waals surface area contributed by atoms with Gasteiger partial charge in [0.15, 0.2) is 0 Å². The van der Waals surface area contributed by atoms with Crippen LogP contribution in [0.25, 0.3) is 0 Å². The van der Waals surface area contributed by atoms with Crippen LogP contribution in [0.15, 0.2) is 65.8 Å². The van der Waals surface area contributed by atoms with Gasteiger partial charge in [-0.2, -0.15) is 5.10 Å². The molecule has 0 aliphatic heterocycles. The van der Waals surface area contributed by atoms with E-state index in [9.17, 15) is 12.8 Å². The number of rotatable bonds is 7. The summed E-state index contributed by atoms with van der Waals surface area (Å²) in [6.07, 6.45) is 3.01. The van der Waals surface area contributed by atoms with Crippen molar-refractivity contribution in [3.63, 3.8) is 0 Å². The molecule has 26 heavy (non-hydrogen) atoms. The average molecular weight is 375 g/mol. The van der Waals surface area contributed by atoms with Crippen LogP contribution in [0.3, 0.4) is 0 Å². The van der Waals surface area contributed by atoms with Gasteiger partial charge in [0.05, 0.1) is 29.9 Å². The summed E-state index contributed by atoms with van der Waals surface area (Å²) in [6.45, 7) is 2.78. The first kappa shape index (κ1) is 17.9. The molecular weight excluding hydrogens is 357 g/mol. The van der Waals surface area contributed by atoms with Crippen molar-refractivity contribution in [2.24, 2.45) is 0 Å². The van der Waals surface area contributed by atoms with Gasteiger partial charge in [-0.1, -0.05) is 12.1 Å². The highest BCUT2D eigenvalue weighted by Crippen LogP contribution is 2.19. The van der Waals surface area contributed by atoms with Crippen LogP contribution in [0, 0.1) is 5.82 Å². The largest absolute Gasteiger partial charge is 0.494 e. The third kappa shape index (κ3) is 4.40. The lowest BCUT2D eigenvalue weighted by Crippen LogP contribution is -2.12. The van der Waals surface area contributed by atoms with E-state index in [2.05, 4.69) is 9.82 Å². The van der Waals surface area contributed by atoms with Gasteiger partial charge < -0.3 is 4.74 Å². The number of nitrogens with one attached hydrogen (secondary N) is 1. The fourth-order valence-electron chi connectivity index (χ4n) is 2.38. The zero-order chi connectivity index (χ0) is 18.6. The van der Waals surface area contributed by atoms with Crippen molar-refractivity contribution in [3.8, 4) is 5.75 Å². The van der Waals surface area contributed by atoms with Crippen molar-refractivity contribution >= 4 is 15.7 Å². The lowest BCUT2D eigenvalue weighted by Gasteiger charge is -2.07. The SMILES string of the molecule is CCOc1ccc(S(=O)(=O)Nc2cnn(Cc3ccc(F)cc3)c2)cc1. The second-order valence-corrected chi connectivity index (χ2v) is 7.25. The molecule has 0 spiro atoms. The van der Waals surface area contributed by atoms with Gasteiger partial charge in [0, 0.05) is 6.20 Å². The van der Waals surface area contributed by atoms with Crippen LogP contribution >= 0.6 is 0 Å². The molecule has 8 heteroatoms. The second-order valence-electron chi connectivity index (χ2n) is 5.56. The van der Waals surface area contributed by atoms with Gasteiger partial charge in [0.2, 0.25) is 0 Å². The minimum absolute atomic E-state index is 0.132. The van der Waals surface area contributed by atoms with Crippen LogP contribution in [0.1, 0.15) is 12.5 Å². The first-order valence-electron chi connectivity index (χ1n) is 7.99. The number of hydrogen-bond donors (Lipinski definition) is 1. The van der Waals surface area contributed by atoms with Gasteiger partial charge in [-0.25, -0.2) is 12.8 Å². The van der Waals surface area contributed by atoms with E-state index in [1.807, 2.05) is 6.92 Å². The van der Waals surface area contributed by atoms with Crippen molar-refractivity contribution < 1.29 is 17.5 Å². The molecule has 2 aromatic carbocycles. The Bertz CT molecular complexity index is 968. The molecule has 0 atom stereocenters. The summed E-state index contributed by atoms with van der Waals surface area (Å²) >= 11 is 0. The molecule has 0 amide bonds. The molecule has 1 aromatic heterocycles. The first-order valence-corrected chi connectivity index (χ1v) is 9.47. The summed E-state index contributed by atoms with van der Waals surface area (Å²) in [7, 11) is -3.72. The summed E-state index contributed by atoms with van der Waals surface area (Å²) in [6, 6.07) is 12.2. The smallest absolute Gasteiger partial charge is 0.261 e. The van der Waals surface area contributed by atoms with E-state index in [1.54, 1.807) is 35.1 Å². The van der Waals surface area contributed by atoms with Gasteiger partial charge in [-0.05, 0) is 48.9 Å². The maximum atomic E-state index is 12.9. The highest BCUT2D eigenvalue weighted by molar-refractivity contribution is 7.92. The number of nitrogens with zero attached hydrogens (tertiary/aromatic N) is 2. The Morgan fingerprint density at radius 2 is 1.81 bits per heavy atom. The molecule has 1 N–H and O–H groups in total. The summed E-state index contributed by atoms with van der Waals surface area (Å²) in [5.74, 6) is 0.302. The fourth-order valence-corrected chi connectivity index (χ4v) is 3.40. The number of halogens is 1. The zero-order valence-electron chi connectivity index (χ0n) is 14.1. The predicted octanol–water partition coefficient (Wildman–Crippen LogP) is 3.27. The van der Waals surface area contributed by atoms with E-state index in [1.165, 1.54) is 30.5 Å². The van der Waals surface area contributed by atoms with Crippen molar-refractivity contribution in [1.82, 2.24) is 9.78 Å². The number of hydrogen-bond acceptors (Lipinski definition) is 4. The van der Waals surface area contributed by atoms with Crippen molar-refractivity contribution in [3.05, 3.63) is 72.3 Å². The van der Waals surface area contributed by atoms with Gasteiger partial charge in [-0.15, -0.1) is 0 Å². The van der Waals surface area contributed by atoms with Gasteiger partial charge in [0.25, 0.3) is 10.0 Å². The molecule has 0 aliphatic carbocycles. The standard InChI is InChI=1S/C18H18FN3O3S/c1-2-25-17-7-9-18(10-8-17)26(23,24)21-16-11-20-22(13-16)12-14-3-5-15(19)6-4-14/h3-11,13,21H,2,12H2,1H3. The summed E-state index contributed by atoms with van der Waals surface area (Å²) in [5.41, 5.74) is 1.21. The highest BCUT2D eigenvalue weighted by Gasteiger charge is 2.15. The Kier molecular flexibility index (Phi) is 5.22. The molecule has 0 radical (unpaired) electrons. The van der Waals surface area contributed by atoms with E-state index < -0.39 is 10.0 Å². The van der Waals surface area contributed by atoms with E-state index >= 15 is 0 Å². The normalized spacial score (nSPS) is 11.3. The number of ether oxygens (including phenoxy) is 1. The molecule has 3 aromatic rings. The fraction of sp³-hybridized carbons (Fsp3) is 0.167. The summed E-state index contributed by atoms with van der Waals surface area (Å²) < 4.78 is 47.2. The van der Waals surface area contributed by atoms with Crippen LogP contribution in [0.5, 0.6) is 5.75 Å². The molecule has 3 rings (SSSR count). The minimum atomic E-state index is -3.72. The van der Waals surface area contributed by atoms with E-state index in [4.69, 9.17) is 4.74 Å². The van der Waals surface area contributed by atoms with Gasteiger partial charge >= 0.3 is 0 Å². The monoisotopic (exact) mass is 375 g/mol. The van der Waals surface area contributed by atoms with Crippen LogP contribution < -0.4 is 9.46 Å². The van der Waals surface area contributed by atoms with Gasteiger partial charge in [-0.3, -0.25) is 9.40 Å². The third-order valence-electron chi connectivity index (χ3n) is 3.59. The third-order valence-corrected chi connectivity index (χ3v) is 4.99. The van der Waals surface area contributed by atoms with E-state index in [0.717, 1.165) is 5.56 Å². The average Bonchev–Trinajstić information content (AvgIpc) is 3.04. The van der Waals surface area contributed by atoms with E-state index in [0.29, 0.717) is 24.6 Å². The van der Waals surface area contributed by atoms with Crippen LogP contribution in [-0.2, 0) is 16.6 Å². The molecule has 0 bridgehead atoms. The minimum Gasteiger partial charge on any atom is -0.494 e. The predicted molar refractivity (Wildman–Crippen MR) is 96.1 cm³/mol. The number of sulfonamides is 1. The Morgan fingerprint density at radius 3 is 2.46 bits per heavy atom. The molecule has 0 saturated carbocycles.